The molecule has 0 saturated heterocycles. The van der Waals surface area contributed by atoms with Gasteiger partial charge in [0.25, 0.3) is 0 Å². The number of nitrogens with one attached hydrogen (secondary N) is 2. The normalized spacial score (nSPS) is 11.8. The molecule has 1 aromatic carbocycles. The zero-order valence-electron chi connectivity index (χ0n) is 9.89. The van der Waals surface area contributed by atoms with Gasteiger partial charge in [-0.3, -0.25) is 0 Å². The molecule has 0 aliphatic heterocycles. The fourth-order valence-corrected chi connectivity index (χ4v) is 1.92. The first-order valence-corrected chi connectivity index (χ1v) is 6.45. The second kappa shape index (κ2) is 5.79. The van der Waals surface area contributed by atoms with E-state index in [4.69, 9.17) is 0 Å². The Morgan fingerprint density at radius 2 is 1.68 bits per heavy atom. The van der Waals surface area contributed by atoms with E-state index in [9.17, 15) is 13.2 Å². The summed E-state index contributed by atoms with van der Waals surface area (Å²) in [5, 5.41) is 3.09. The van der Waals surface area contributed by atoms with E-state index in [2.05, 4.69) is 26.2 Å². The smallest absolute Gasteiger partial charge is 0.354 e. The maximum atomic E-state index is 12.4. The third kappa shape index (κ3) is 4.11. The summed E-state index contributed by atoms with van der Waals surface area (Å²) in [4.78, 5) is 2.35. The molecule has 0 saturated carbocycles. The van der Waals surface area contributed by atoms with Gasteiger partial charge in [-0.25, -0.2) is 0 Å². The van der Waals surface area contributed by atoms with E-state index in [-0.39, 0.29) is 0 Å². The van der Waals surface area contributed by atoms with Gasteiger partial charge in [-0.15, -0.1) is 0 Å². The number of halogens is 4. The summed E-state index contributed by atoms with van der Waals surface area (Å²) in [6.45, 7) is 0.972. The highest BCUT2D eigenvalue weighted by Gasteiger charge is 2.31. The van der Waals surface area contributed by atoms with E-state index in [1.165, 1.54) is 6.07 Å². The first-order chi connectivity index (χ1) is 8.95. The number of H-pyrrole nitrogens is 1. The summed E-state index contributed by atoms with van der Waals surface area (Å²) < 4.78 is 38.1. The molecule has 0 fully saturated rings. The summed E-state index contributed by atoms with van der Waals surface area (Å²) >= 11 is 3.34. The minimum absolute atomic E-state index is 0.367. The Morgan fingerprint density at radius 1 is 1.00 bits per heavy atom. The van der Waals surface area contributed by atoms with Crippen LogP contribution in [0.3, 0.4) is 0 Å². The second-order valence-corrected chi connectivity index (χ2v) is 5.04. The van der Waals surface area contributed by atoms with Gasteiger partial charge in [0.15, 0.2) is 0 Å². The molecular weight excluding hydrogens is 321 g/mol. The maximum Gasteiger partial charge on any atom is 0.431 e. The highest BCUT2D eigenvalue weighted by molar-refractivity contribution is 9.10. The lowest BCUT2D eigenvalue weighted by molar-refractivity contribution is -0.140. The van der Waals surface area contributed by atoms with E-state index in [0.717, 1.165) is 16.1 Å². The summed E-state index contributed by atoms with van der Waals surface area (Å²) in [6, 6.07) is 10.2. The Hall–Kier alpha value is -1.27. The molecule has 0 atom stereocenters. The predicted molar refractivity (Wildman–Crippen MR) is 70.5 cm³/mol. The number of alkyl halides is 3. The molecule has 0 amide bonds. The summed E-state index contributed by atoms with van der Waals surface area (Å²) in [7, 11) is 0. The second-order valence-electron chi connectivity index (χ2n) is 4.13. The minimum atomic E-state index is -4.32. The molecule has 6 heteroatoms. The van der Waals surface area contributed by atoms with Gasteiger partial charge in [-0.05, 0) is 29.8 Å². The van der Waals surface area contributed by atoms with Crippen LogP contribution in [-0.2, 0) is 19.3 Å². The van der Waals surface area contributed by atoms with Gasteiger partial charge in [-0.2, -0.15) is 13.2 Å². The summed E-state index contributed by atoms with van der Waals surface area (Å²) in [5.74, 6) is 0. The largest absolute Gasteiger partial charge is 0.431 e. The van der Waals surface area contributed by atoms with Gasteiger partial charge in [-0.1, -0.05) is 28.1 Å². The number of rotatable bonds is 4. The van der Waals surface area contributed by atoms with Gasteiger partial charge in [0.05, 0.1) is 0 Å². The molecule has 0 unspecified atom stereocenters. The molecule has 0 aliphatic carbocycles. The first kappa shape index (κ1) is 14.1. The van der Waals surface area contributed by atoms with Crippen molar-refractivity contribution in [2.75, 3.05) is 0 Å². The Kier molecular flexibility index (Phi) is 4.31. The van der Waals surface area contributed by atoms with Gasteiger partial charge < -0.3 is 10.3 Å². The fraction of sp³-hybridized carbons (Fsp3) is 0.231. The molecule has 2 aromatic rings. The van der Waals surface area contributed by atoms with Crippen LogP contribution in [0.5, 0.6) is 0 Å². The van der Waals surface area contributed by atoms with Crippen molar-refractivity contribution >= 4 is 15.9 Å². The number of hydrogen-bond donors (Lipinski definition) is 2. The topological polar surface area (TPSA) is 27.8 Å². The molecule has 2 rings (SSSR count). The summed E-state index contributed by atoms with van der Waals surface area (Å²) in [6.07, 6.45) is -4.32. The van der Waals surface area contributed by atoms with Gasteiger partial charge >= 0.3 is 6.18 Å². The minimum Gasteiger partial charge on any atom is -0.354 e. The van der Waals surface area contributed by atoms with Crippen LogP contribution in [0.2, 0.25) is 0 Å². The van der Waals surface area contributed by atoms with Gasteiger partial charge in [0.2, 0.25) is 0 Å². The molecule has 102 valence electrons. The van der Waals surface area contributed by atoms with Crippen molar-refractivity contribution in [1.29, 1.82) is 0 Å². The molecule has 19 heavy (non-hydrogen) atoms. The predicted octanol–water partition coefficient (Wildman–Crippen LogP) is 4.09. The monoisotopic (exact) mass is 332 g/mol. The van der Waals surface area contributed by atoms with E-state index >= 15 is 0 Å². The first-order valence-electron chi connectivity index (χ1n) is 5.65. The Bertz CT molecular complexity index is 532. The van der Waals surface area contributed by atoms with E-state index in [1.807, 2.05) is 24.3 Å². The van der Waals surface area contributed by atoms with Crippen LogP contribution in [-0.4, -0.2) is 4.98 Å². The lowest BCUT2D eigenvalue weighted by Gasteiger charge is -2.05. The van der Waals surface area contributed by atoms with Crippen molar-refractivity contribution in [3.8, 4) is 0 Å². The Balaban J connectivity index is 1.86. The highest BCUT2D eigenvalue weighted by atomic mass is 79.9. The third-order valence-electron chi connectivity index (χ3n) is 2.61. The number of benzene rings is 1. The van der Waals surface area contributed by atoms with Crippen molar-refractivity contribution in [2.24, 2.45) is 0 Å². The lowest BCUT2D eigenvalue weighted by atomic mass is 10.2. The van der Waals surface area contributed by atoms with E-state index in [1.54, 1.807) is 0 Å². The van der Waals surface area contributed by atoms with Gasteiger partial charge in [0.1, 0.15) is 5.69 Å². The molecule has 2 N–H and O–H groups in total. The van der Waals surface area contributed by atoms with Crippen molar-refractivity contribution in [3.63, 3.8) is 0 Å². The van der Waals surface area contributed by atoms with Crippen LogP contribution in [0.25, 0.3) is 0 Å². The van der Waals surface area contributed by atoms with Crippen LogP contribution in [0.15, 0.2) is 40.9 Å². The van der Waals surface area contributed by atoms with Crippen LogP contribution in [0.4, 0.5) is 13.2 Å². The maximum absolute atomic E-state index is 12.4. The van der Waals surface area contributed by atoms with Crippen LogP contribution < -0.4 is 5.32 Å². The van der Waals surface area contributed by atoms with Crippen LogP contribution >= 0.6 is 15.9 Å². The number of aromatic amines is 1. The van der Waals surface area contributed by atoms with Crippen molar-refractivity contribution in [3.05, 3.63) is 57.8 Å². The average Bonchev–Trinajstić information content (AvgIpc) is 2.80. The third-order valence-corrected chi connectivity index (χ3v) is 3.14. The van der Waals surface area contributed by atoms with E-state index in [0.29, 0.717) is 18.8 Å². The zero-order valence-corrected chi connectivity index (χ0v) is 11.5. The number of aromatic nitrogens is 1. The molecular formula is C13H12BrF3N2. The van der Waals surface area contributed by atoms with Crippen molar-refractivity contribution in [1.82, 2.24) is 10.3 Å². The highest BCUT2D eigenvalue weighted by Crippen LogP contribution is 2.28. The van der Waals surface area contributed by atoms with Crippen LogP contribution in [0.1, 0.15) is 17.0 Å². The Labute approximate surface area is 117 Å². The van der Waals surface area contributed by atoms with Crippen LogP contribution in [0, 0.1) is 0 Å². The standard InChI is InChI=1S/C13H12BrF3N2/c14-10-3-1-9(2-4-10)7-18-8-11-5-6-12(19-11)13(15,16)17/h1-6,18-19H,7-8H2. The Morgan fingerprint density at radius 3 is 2.26 bits per heavy atom. The average molecular weight is 333 g/mol. The molecule has 1 heterocycles. The SMILES string of the molecule is FC(F)(F)c1ccc(CNCc2ccc(Br)cc2)[nH]1. The lowest BCUT2D eigenvalue weighted by Crippen LogP contribution is -2.13. The molecule has 2 nitrogen and oxygen atoms in total. The molecule has 0 aliphatic rings. The van der Waals surface area contributed by atoms with Crippen molar-refractivity contribution in [2.45, 2.75) is 19.3 Å². The molecule has 0 bridgehead atoms. The number of hydrogen-bond acceptors (Lipinski definition) is 1. The van der Waals surface area contributed by atoms with E-state index < -0.39 is 11.9 Å². The van der Waals surface area contributed by atoms with Crippen molar-refractivity contribution < 1.29 is 13.2 Å². The molecule has 0 radical (unpaired) electrons. The quantitative estimate of drug-likeness (QED) is 0.867. The summed E-state index contributed by atoms with van der Waals surface area (Å²) in [5.41, 5.74) is 0.878. The van der Waals surface area contributed by atoms with Gasteiger partial charge in [0, 0.05) is 23.3 Å². The molecule has 1 aromatic heterocycles. The zero-order chi connectivity index (χ0) is 13.9. The fourth-order valence-electron chi connectivity index (χ4n) is 1.65. The molecule has 0 spiro atoms.